The van der Waals surface area contributed by atoms with Gasteiger partial charge in [0.05, 0.1) is 32.8 Å². The van der Waals surface area contributed by atoms with E-state index in [-0.39, 0.29) is 0 Å². The van der Waals surface area contributed by atoms with Gasteiger partial charge in [-0.3, -0.25) is 0 Å². The zero-order chi connectivity index (χ0) is 49.1. The number of fused-ring (bicyclic) bond motifs is 12. The maximum atomic E-state index is 6.70. The third-order valence-electron chi connectivity index (χ3n) is 16.4. The summed E-state index contributed by atoms with van der Waals surface area (Å²) in [5, 5.41) is 4.69. The van der Waals surface area contributed by atoms with E-state index in [0.29, 0.717) is 0 Å². The molecule has 2 aliphatic rings. The second-order valence-corrected chi connectivity index (χ2v) is 21.2. The van der Waals surface area contributed by atoms with E-state index in [2.05, 4.69) is 278 Å². The molecule has 2 atom stereocenters. The Balaban J connectivity index is 1.04. The number of rotatable bonds is 8. The van der Waals surface area contributed by atoms with Crippen LogP contribution < -0.4 is 9.80 Å². The summed E-state index contributed by atoms with van der Waals surface area (Å²) >= 11 is 1.87. The number of benzene rings is 11. The van der Waals surface area contributed by atoms with E-state index in [4.69, 9.17) is 4.42 Å². The third kappa shape index (κ3) is 6.00. The van der Waals surface area contributed by atoms with E-state index in [1.165, 1.54) is 75.8 Å². The summed E-state index contributed by atoms with van der Waals surface area (Å²) in [5.74, 6) is 0. The molecule has 0 aliphatic heterocycles. The van der Waals surface area contributed by atoms with Crippen LogP contribution in [-0.4, -0.2) is 0 Å². The van der Waals surface area contributed by atoms with Crippen molar-refractivity contribution in [1.29, 1.82) is 0 Å². The van der Waals surface area contributed by atoms with Crippen LogP contribution >= 0.6 is 11.3 Å². The molecule has 4 heteroatoms. The number of hydrogen-bond donors (Lipinski definition) is 0. The monoisotopic (exact) mass is 964 g/mol. The molecular formula is C70H48N2OS. The van der Waals surface area contributed by atoms with Crippen LogP contribution in [0.15, 0.2) is 259 Å². The molecule has 0 N–H and O–H groups in total. The number of nitrogens with zero attached hydrogens (tertiary/aromatic N) is 2. The fourth-order valence-electron chi connectivity index (χ4n) is 13.1. The van der Waals surface area contributed by atoms with Gasteiger partial charge in [-0.15, -0.1) is 11.3 Å². The average Bonchev–Trinajstić information content (AvgIpc) is 4.26. The quantitative estimate of drug-likeness (QED) is 0.151. The van der Waals surface area contributed by atoms with Crippen LogP contribution in [0.4, 0.5) is 34.1 Å². The standard InChI is InChI=1S/C70H48N2OS/c1-69(45-22-5-3-6-23-45)56-35-13-9-28-49(56)52-32-18-38-59(66(52)69)71(58-37-21-42-63-65(58)55-31-11-15-41-62(55)73-63)47-26-17-27-48(44-47)72(61-40-20-34-54-51-30-12-16-43-64(51)74-68(54)61)60-39-19-33-53-50-29-10-14-36-57(50)70(2,67(53)60)46-24-7-4-8-25-46/h3-44H,1-2H3. The van der Waals surface area contributed by atoms with Gasteiger partial charge in [0.1, 0.15) is 11.2 Å². The highest BCUT2D eigenvalue weighted by molar-refractivity contribution is 7.26. The lowest BCUT2D eigenvalue weighted by Gasteiger charge is -2.36. The van der Waals surface area contributed by atoms with Crippen molar-refractivity contribution in [3.05, 3.63) is 288 Å². The first-order valence-corrected chi connectivity index (χ1v) is 26.4. The van der Waals surface area contributed by atoms with Crippen LogP contribution in [0.5, 0.6) is 0 Å². The summed E-state index contributed by atoms with van der Waals surface area (Å²) in [6.45, 7) is 4.85. The molecule has 0 amide bonds. The van der Waals surface area contributed by atoms with E-state index in [9.17, 15) is 0 Å². The average molecular weight is 965 g/mol. The van der Waals surface area contributed by atoms with Gasteiger partial charge < -0.3 is 14.2 Å². The van der Waals surface area contributed by atoms with Gasteiger partial charge in [0.15, 0.2) is 0 Å². The van der Waals surface area contributed by atoms with Crippen molar-refractivity contribution < 1.29 is 4.42 Å². The first kappa shape index (κ1) is 42.7. The predicted octanol–water partition coefficient (Wildman–Crippen LogP) is 19.6. The minimum atomic E-state index is -0.476. The summed E-state index contributed by atoms with van der Waals surface area (Å²) < 4.78 is 9.22. The molecule has 0 radical (unpaired) electrons. The van der Waals surface area contributed by atoms with Gasteiger partial charge in [0.2, 0.25) is 0 Å². The summed E-state index contributed by atoms with van der Waals surface area (Å²) in [5.41, 5.74) is 20.1. The lowest BCUT2D eigenvalue weighted by atomic mass is 9.73. The second-order valence-electron chi connectivity index (χ2n) is 20.2. The van der Waals surface area contributed by atoms with Gasteiger partial charge >= 0.3 is 0 Å². The Bertz CT molecular complexity index is 4380. The van der Waals surface area contributed by atoms with Crippen molar-refractivity contribution in [1.82, 2.24) is 0 Å². The fraction of sp³-hybridized carbons (Fsp3) is 0.0571. The molecular weight excluding hydrogens is 917 g/mol. The van der Waals surface area contributed by atoms with E-state index < -0.39 is 10.8 Å². The maximum absolute atomic E-state index is 6.70. The first-order chi connectivity index (χ1) is 36.5. The highest BCUT2D eigenvalue weighted by Crippen LogP contribution is 2.60. The topological polar surface area (TPSA) is 19.6 Å². The van der Waals surface area contributed by atoms with Crippen LogP contribution in [0.2, 0.25) is 0 Å². The number of furan rings is 1. The Kier molecular flexibility index (Phi) is 9.39. The number of anilines is 6. The molecule has 0 bridgehead atoms. The van der Waals surface area contributed by atoms with Gasteiger partial charge in [-0.2, -0.15) is 0 Å². The van der Waals surface area contributed by atoms with Crippen molar-refractivity contribution >= 4 is 87.6 Å². The summed E-state index contributed by atoms with van der Waals surface area (Å²) in [6, 6.07) is 94.0. The molecule has 11 aromatic carbocycles. The normalized spacial score (nSPS) is 16.4. The Morgan fingerprint density at radius 1 is 0.351 bits per heavy atom. The van der Waals surface area contributed by atoms with Crippen LogP contribution in [0.25, 0.3) is 64.4 Å². The second kappa shape index (κ2) is 16.3. The largest absolute Gasteiger partial charge is 0.456 e. The van der Waals surface area contributed by atoms with Crippen molar-refractivity contribution in [2.24, 2.45) is 0 Å². The van der Waals surface area contributed by atoms with E-state index in [1.807, 2.05) is 11.3 Å². The van der Waals surface area contributed by atoms with Crippen LogP contribution in [-0.2, 0) is 10.8 Å². The van der Waals surface area contributed by atoms with Crippen molar-refractivity contribution in [3.8, 4) is 22.3 Å². The Hall–Kier alpha value is -8.96. The predicted molar refractivity (Wildman–Crippen MR) is 311 cm³/mol. The fourth-order valence-corrected chi connectivity index (χ4v) is 14.3. The first-order valence-electron chi connectivity index (χ1n) is 25.6. The van der Waals surface area contributed by atoms with Gasteiger partial charge in [-0.1, -0.05) is 194 Å². The van der Waals surface area contributed by atoms with Crippen LogP contribution in [0, 0.1) is 0 Å². The third-order valence-corrected chi connectivity index (χ3v) is 17.6. The Morgan fingerprint density at radius 3 is 1.45 bits per heavy atom. The molecule has 2 aliphatic carbocycles. The number of para-hydroxylation sites is 1. The molecule has 0 saturated heterocycles. The molecule has 2 aromatic heterocycles. The van der Waals surface area contributed by atoms with Crippen molar-refractivity contribution in [2.75, 3.05) is 9.80 Å². The van der Waals surface area contributed by atoms with Gasteiger partial charge in [0, 0.05) is 43.1 Å². The zero-order valence-electron chi connectivity index (χ0n) is 41.0. The van der Waals surface area contributed by atoms with E-state index >= 15 is 0 Å². The Labute approximate surface area is 434 Å². The number of hydrogen-bond acceptors (Lipinski definition) is 4. The number of thiophene rings is 1. The van der Waals surface area contributed by atoms with Gasteiger partial charge in [0.25, 0.3) is 0 Å². The zero-order valence-corrected chi connectivity index (χ0v) is 41.8. The lowest BCUT2D eigenvalue weighted by Crippen LogP contribution is -2.26. The molecule has 3 nitrogen and oxygen atoms in total. The van der Waals surface area contributed by atoms with Gasteiger partial charge in [-0.05, 0) is 130 Å². The van der Waals surface area contributed by atoms with E-state index in [0.717, 1.165) is 56.1 Å². The Morgan fingerprint density at radius 2 is 0.797 bits per heavy atom. The highest BCUT2D eigenvalue weighted by atomic mass is 32.1. The van der Waals surface area contributed by atoms with E-state index in [1.54, 1.807) is 0 Å². The van der Waals surface area contributed by atoms with Crippen LogP contribution in [0.3, 0.4) is 0 Å². The molecule has 74 heavy (non-hydrogen) atoms. The van der Waals surface area contributed by atoms with Crippen LogP contribution in [0.1, 0.15) is 47.2 Å². The summed E-state index contributed by atoms with van der Waals surface area (Å²) in [6.07, 6.45) is 0. The summed E-state index contributed by atoms with van der Waals surface area (Å²) in [4.78, 5) is 5.09. The highest BCUT2D eigenvalue weighted by Gasteiger charge is 2.45. The minimum absolute atomic E-state index is 0.459. The molecule has 0 spiro atoms. The molecule has 0 fully saturated rings. The molecule has 0 saturated carbocycles. The minimum Gasteiger partial charge on any atom is -0.456 e. The van der Waals surface area contributed by atoms with Crippen molar-refractivity contribution in [3.63, 3.8) is 0 Å². The lowest BCUT2D eigenvalue weighted by molar-refractivity contribution is 0.669. The molecule has 15 rings (SSSR count). The molecule has 350 valence electrons. The summed E-state index contributed by atoms with van der Waals surface area (Å²) in [7, 11) is 0. The molecule has 2 unspecified atom stereocenters. The molecule has 13 aromatic rings. The maximum Gasteiger partial charge on any atom is 0.137 e. The molecule has 2 heterocycles. The van der Waals surface area contributed by atoms with Crippen molar-refractivity contribution in [2.45, 2.75) is 24.7 Å². The smallest absolute Gasteiger partial charge is 0.137 e. The van der Waals surface area contributed by atoms with Gasteiger partial charge in [-0.25, -0.2) is 0 Å². The SMILES string of the molecule is CC1(c2ccccc2)c2ccccc2-c2cccc(N(c3cccc(N(c4cccc5c4C(C)(c4ccccc4)c4ccccc4-5)c4cccc5oc6ccccc6c45)c3)c3cccc4c3sc3ccccc34)c21.